The van der Waals surface area contributed by atoms with E-state index in [2.05, 4.69) is 4.98 Å². The monoisotopic (exact) mass is 239 g/mol. The molecular weight excluding hydrogens is 229 g/mol. The second-order valence-electron chi connectivity index (χ2n) is 3.90. The zero-order valence-corrected chi connectivity index (χ0v) is 9.51. The van der Waals surface area contributed by atoms with Crippen LogP contribution in [-0.4, -0.2) is 4.98 Å². The van der Waals surface area contributed by atoms with Gasteiger partial charge >= 0.3 is 0 Å². The van der Waals surface area contributed by atoms with E-state index < -0.39 is 0 Å². The minimum Gasteiger partial charge on any atom is -0.438 e. The largest absolute Gasteiger partial charge is 0.438 e. The van der Waals surface area contributed by atoms with Crippen LogP contribution in [0.5, 0.6) is 11.6 Å². The van der Waals surface area contributed by atoms with Gasteiger partial charge in [0.25, 0.3) is 0 Å². The third-order valence-electron chi connectivity index (χ3n) is 2.65. The van der Waals surface area contributed by atoms with E-state index in [1.54, 1.807) is 18.3 Å². The number of rotatable bonds is 2. The van der Waals surface area contributed by atoms with E-state index in [0.717, 1.165) is 10.8 Å². The van der Waals surface area contributed by atoms with Gasteiger partial charge in [0.15, 0.2) is 0 Å². The minimum atomic E-state index is -0.326. The third-order valence-corrected chi connectivity index (χ3v) is 2.65. The first-order valence-corrected chi connectivity index (χ1v) is 5.60. The molecule has 0 atom stereocenters. The zero-order valence-electron chi connectivity index (χ0n) is 9.51. The molecule has 18 heavy (non-hydrogen) atoms. The van der Waals surface area contributed by atoms with E-state index in [1.807, 2.05) is 30.3 Å². The molecule has 0 radical (unpaired) electrons. The van der Waals surface area contributed by atoms with Gasteiger partial charge in [0.2, 0.25) is 5.88 Å². The van der Waals surface area contributed by atoms with Crippen LogP contribution in [0.3, 0.4) is 0 Å². The topological polar surface area (TPSA) is 22.1 Å². The lowest BCUT2D eigenvalue weighted by Crippen LogP contribution is -1.89. The van der Waals surface area contributed by atoms with Crippen LogP contribution < -0.4 is 4.74 Å². The summed E-state index contributed by atoms with van der Waals surface area (Å²) in [4.78, 5) is 4.19. The molecule has 0 amide bonds. The Kier molecular flexibility index (Phi) is 2.65. The number of benzene rings is 2. The number of ether oxygens (including phenoxy) is 1. The molecule has 2 aromatic carbocycles. The molecular formula is C15H10FNO. The number of halogens is 1. The first-order chi connectivity index (χ1) is 8.83. The van der Waals surface area contributed by atoms with Crippen LogP contribution in [-0.2, 0) is 0 Å². The van der Waals surface area contributed by atoms with Gasteiger partial charge in [-0.1, -0.05) is 24.3 Å². The summed E-state index contributed by atoms with van der Waals surface area (Å²) in [6.45, 7) is 0. The Hall–Kier alpha value is -2.42. The summed E-state index contributed by atoms with van der Waals surface area (Å²) >= 11 is 0. The van der Waals surface area contributed by atoms with Gasteiger partial charge in [-0.2, -0.15) is 0 Å². The van der Waals surface area contributed by atoms with Gasteiger partial charge in [-0.15, -0.1) is 0 Å². The molecule has 0 saturated carbocycles. The molecule has 1 aromatic heterocycles. The highest BCUT2D eigenvalue weighted by Crippen LogP contribution is 2.27. The Bertz CT molecular complexity index is 691. The Morgan fingerprint density at radius 3 is 2.72 bits per heavy atom. The van der Waals surface area contributed by atoms with E-state index in [0.29, 0.717) is 11.6 Å². The van der Waals surface area contributed by atoms with E-state index in [4.69, 9.17) is 4.74 Å². The second kappa shape index (κ2) is 4.45. The van der Waals surface area contributed by atoms with Crippen LogP contribution in [0.1, 0.15) is 0 Å². The van der Waals surface area contributed by atoms with Crippen LogP contribution in [0.2, 0.25) is 0 Å². The van der Waals surface area contributed by atoms with Crippen molar-refractivity contribution < 1.29 is 9.13 Å². The zero-order chi connectivity index (χ0) is 12.4. The highest BCUT2D eigenvalue weighted by Gasteiger charge is 2.04. The summed E-state index contributed by atoms with van der Waals surface area (Å²) in [5, 5.41) is 1.95. The van der Waals surface area contributed by atoms with Crippen molar-refractivity contribution in [2.45, 2.75) is 0 Å². The van der Waals surface area contributed by atoms with E-state index >= 15 is 0 Å². The van der Waals surface area contributed by atoms with Crippen molar-refractivity contribution in [2.24, 2.45) is 0 Å². The predicted octanol–water partition coefficient (Wildman–Crippen LogP) is 4.17. The van der Waals surface area contributed by atoms with Crippen molar-refractivity contribution in [3.8, 4) is 11.6 Å². The highest BCUT2D eigenvalue weighted by atomic mass is 19.1. The van der Waals surface area contributed by atoms with E-state index in [-0.39, 0.29) is 5.82 Å². The van der Waals surface area contributed by atoms with Gasteiger partial charge in [-0.25, -0.2) is 9.37 Å². The lowest BCUT2D eigenvalue weighted by Gasteiger charge is -2.07. The number of nitrogens with zero attached hydrogens (tertiary/aromatic N) is 1. The summed E-state index contributed by atoms with van der Waals surface area (Å²) in [6, 6.07) is 15.7. The summed E-state index contributed by atoms with van der Waals surface area (Å²) in [6.07, 6.45) is 1.68. The van der Waals surface area contributed by atoms with Crippen molar-refractivity contribution in [1.29, 1.82) is 0 Å². The molecule has 0 N–H and O–H groups in total. The van der Waals surface area contributed by atoms with Crippen molar-refractivity contribution in [3.05, 3.63) is 66.6 Å². The van der Waals surface area contributed by atoms with Crippen molar-refractivity contribution in [1.82, 2.24) is 4.98 Å². The number of hydrogen-bond acceptors (Lipinski definition) is 2. The molecule has 0 bridgehead atoms. The number of pyridine rings is 1. The molecule has 0 aliphatic carbocycles. The van der Waals surface area contributed by atoms with Gasteiger partial charge in [0.1, 0.15) is 11.6 Å². The molecule has 0 saturated heterocycles. The molecule has 0 fully saturated rings. The van der Waals surface area contributed by atoms with Crippen LogP contribution in [0.25, 0.3) is 10.8 Å². The van der Waals surface area contributed by atoms with E-state index in [9.17, 15) is 4.39 Å². The fourth-order valence-corrected chi connectivity index (χ4v) is 1.82. The highest BCUT2D eigenvalue weighted by molar-refractivity contribution is 5.86. The Labute approximate surface area is 104 Å². The second-order valence-corrected chi connectivity index (χ2v) is 3.90. The maximum atomic E-state index is 13.1. The fraction of sp³-hybridized carbons (Fsp3) is 0. The summed E-state index contributed by atoms with van der Waals surface area (Å²) in [5.74, 6) is 0.602. The standard InChI is InChI=1S/C15H10FNO/c16-12-5-3-6-13(10-12)18-15-14-7-2-1-4-11(14)8-9-17-15/h1-10H. The van der Waals surface area contributed by atoms with Crippen molar-refractivity contribution >= 4 is 10.8 Å². The van der Waals surface area contributed by atoms with Crippen molar-refractivity contribution in [2.75, 3.05) is 0 Å². The molecule has 3 rings (SSSR count). The normalized spacial score (nSPS) is 10.5. The SMILES string of the molecule is Fc1cccc(Oc2nccc3ccccc23)c1. The molecule has 3 aromatic rings. The maximum absolute atomic E-state index is 13.1. The molecule has 2 nitrogen and oxygen atoms in total. The Balaban J connectivity index is 2.05. The lowest BCUT2D eigenvalue weighted by atomic mass is 10.2. The number of aromatic nitrogens is 1. The molecule has 0 aliphatic rings. The molecule has 0 unspecified atom stereocenters. The third kappa shape index (κ3) is 2.02. The average Bonchev–Trinajstić information content (AvgIpc) is 2.39. The van der Waals surface area contributed by atoms with E-state index in [1.165, 1.54) is 12.1 Å². The lowest BCUT2D eigenvalue weighted by molar-refractivity contribution is 0.464. The summed E-state index contributed by atoms with van der Waals surface area (Å²) in [7, 11) is 0. The van der Waals surface area contributed by atoms with Gasteiger partial charge in [-0.05, 0) is 29.7 Å². The molecule has 1 heterocycles. The summed E-state index contributed by atoms with van der Waals surface area (Å²) in [5.41, 5.74) is 0. The van der Waals surface area contributed by atoms with Crippen LogP contribution in [0, 0.1) is 5.82 Å². The van der Waals surface area contributed by atoms with Crippen LogP contribution >= 0.6 is 0 Å². The van der Waals surface area contributed by atoms with Crippen molar-refractivity contribution in [3.63, 3.8) is 0 Å². The van der Waals surface area contributed by atoms with Gasteiger partial charge < -0.3 is 4.74 Å². The van der Waals surface area contributed by atoms with Gasteiger partial charge in [-0.3, -0.25) is 0 Å². The quantitative estimate of drug-likeness (QED) is 0.669. The molecule has 0 aliphatic heterocycles. The minimum absolute atomic E-state index is 0.326. The maximum Gasteiger partial charge on any atom is 0.227 e. The molecule has 0 spiro atoms. The first kappa shape index (κ1) is 10.7. The Morgan fingerprint density at radius 2 is 1.83 bits per heavy atom. The van der Waals surface area contributed by atoms with Gasteiger partial charge in [0.05, 0.1) is 0 Å². The van der Waals surface area contributed by atoms with Gasteiger partial charge in [0, 0.05) is 17.6 Å². The van der Waals surface area contributed by atoms with Crippen LogP contribution in [0.4, 0.5) is 4.39 Å². The Morgan fingerprint density at radius 1 is 0.944 bits per heavy atom. The van der Waals surface area contributed by atoms with Crippen LogP contribution in [0.15, 0.2) is 60.8 Å². The molecule has 88 valence electrons. The molecule has 3 heteroatoms. The number of hydrogen-bond donors (Lipinski definition) is 0. The average molecular weight is 239 g/mol. The fourth-order valence-electron chi connectivity index (χ4n) is 1.82. The first-order valence-electron chi connectivity index (χ1n) is 5.60. The summed E-state index contributed by atoms with van der Waals surface area (Å²) < 4.78 is 18.7. The smallest absolute Gasteiger partial charge is 0.227 e. The number of fused-ring (bicyclic) bond motifs is 1. The predicted molar refractivity (Wildman–Crippen MR) is 68.2 cm³/mol.